The van der Waals surface area contributed by atoms with Crippen LogP contribution in [0.3, 0.4) is 0 Å². The molecule has 0 amide bonds. The lowest BCUT2D eigenvalue weighted by Gasteiger charge is -2.39. The van der Waals surface area contributed by atoms with E-state index in [4.69, 9.17) is 0 Å². The Hall–Kier alpha value is -5.57. The fourth-order valence-electron chi connectivity index (χ4n) is 8.30. The van der Waals surface area contributed by atoms with Crippen LogP contribution in [0.1, 0.15) is 0 Å². The molecule has 10 rings (SSSR count). The molecule has 0 N–H and O–H groups in total. The highest BCUT2D eigenvalue weighted by Crippen LogP contribution is 2.80. The number of hydrogen-bond acceptors (Lipinski definition) is 0. The van der Waals surface area contributed by atoms with E-state index in [2.05, 4.69) is 181 Å². The van der Waals surface area contributed by atoms with Gasteiger partial charge in [-0.05, 0) is 80.9 Å². The first-order chi connectivity index (χ1) is 23.3. The standard InChI is InChI=1S/C45H31NS/c1-46-40-25-14-24-33(43(40)44-38-22-10-8-19-34(38)35-20-9-11-23-39(35)45(44)46)30-27-28-37-36-21-12-13-26-41(36)47(42(37)29-30,31-15-4-2-5-16-31)32-17-6-3-7-18-32/h2-29H,1H3. The Morgan fingerprint density at radius 2 is 0.957 bits per heavy atom. The van der Waals surface area contributed by atoms with Crippen molar-refractivity contribution in [3.8, 4) is 22.3 Å². The predicted octanol–water partition coefficient (Wildman–Crippen LogP) is 12.6. The maximum absolute atomic E-state index is 2.53. The zero-order chi connectivity index (χ0) is 31.1. The Bertz CT molecular complexity index is 2650. The zero-order valence-electron chi connectivity index (χ0n) is 26.0. The normalized spacial score (nSPS) is 14.1. The number of aromatic nitrogens is 1. The average Bonchev–Trinajstić information content (AvgIpc) is 3.62. The number of fused-ring (bicyclic) bond motifs is 11. The van der Waals surface area contributed by atoms with E-state index in [-0.39, 0.29) is 0 Å². The molecule has 0 radical (unpaired) electrons. The number of nitrogens with zero attached hydrogens (tertiary/aromatic N) is 1. The molecule has 0 atom stereocenters. The molecule has 0 aliphatic carbocycles. The molecular weight excluding hydrogens is 587 g/mol. The van der Waals surface area contributed by atoms with Gasteiger partial charge in [0.2, 0.25) is 0 Å². The monoisotopic (exact) mass is 617 g/mol. The lowest BCUT2D eigenvalue weighted by molar-refractivity contribution is 1.02. The third-order valence-electron chi connectivity index (χ3n) is 10.2. The second-order valence-corrected chi connectivity index (χ2v) is 15.6. The average molecular weight is 618 g/mol. The molecule has 0 fully saturated rings. The highest BCUT2D eigenvalue weighted by Gasteiger charge is 2.42. The van der Waals surface area contributed by atoms with Crippen molar-refractivity contribution in [3.05, 3.63) is 170 Å². The van der Waals surface area contributed by atoms with Crippen molar-refractivity contribution in [1.82, 2.24) is 4.57 Å². The minimum atomic E-state index is -1.73. The van der Waals surface area contributed by atoms with E-state index in [1.54, 1.807) is 0 Å². The van der Waals surface area contributed by atoms with E-state index >= 15 is 0 Å². The second kappa shape index (κ2) is 9.96. The second-order valence-electron chi connectivity index (χ2n) is 12.5. The predicted molar refractivity (Wildman–Crippen MR) is 200 cm³/mol. The van der Waals surface area contributed by atoms with Crippen molar-refractivity contribution in [2.75, 3.05) is 0 Å². The maximum Gasteiger partial charge on any atom is 0.0575 e. The van der Waals surface area contributed by atoms with E-state index in [1.165, 1.54) is 85.2 Å². The molecule has 9 aromatic rings. The number of benzene rings is 8. The fourth-order valence-corrected chi connectivity index (χ4v) is 12.6. The van der Waals surface area contributed by atoms with Crippen LogP contribution in [0.25, 0.3) is 65.6 Å². The van der Waals surface area contributed by atoms with Gasteiger partial charge in [0, 0.05) is 48.3 Å². The van der Waals surface area contributed by atoms with Crippen LogP contribution in [0.5, 0.6) is 0 Å². The van der Waals surface area contributed by atoms with Gasteiger partial charge in [0.1, 0.15) is 0 Å². The Kier molecular flexibility index (Phi) is 5.64. The van der Waals surface area contributed by atoms with Crippen LogP contribution < -0.4 is 0 Å². The largest absolute Gasteiger partial charge is 0.343 e. The fraction of sp³-hybridized carbons (Fsp3) is 0.0222. The van der Waals surface area contributed by atoms with E-state index in [0.29, 0.717) is 0 Å². The van der Waals surface area contributed by atoms with Gasteiger partial charge in [-0.25, -0.2) is 0 Å². The van der Waals surface area contributed by atoms with Crippen molar-refractivity contribution in [2.24, 2.45) is 7.05 Å². The number of hydrogen-bond donors (Lipinski definition) is 0. The maximum atomic E-state index is 2.53. The minimum absolute atomic E-state index is 1.26. The summed E-state index contributed by atoms with van der Waals surface area (Å²) in [5.74, 6) is 0. The molecule has 0 saturated heterocycles. The molecule has 2 heteroatoms. The number of rotatable bonds is 3. The molecule has 1 aliphatic rings. The van der Waals surface area contributed by atoms with Crippen LogP contribution in [0, 0.1) is 0 Å². The van der Waals surface area contributed by atoms with E-state index in [9.17, 15) is 0 Å². The smallest absolute Gasteiger partial charge is 0.0575 e. The van der Waals surface area contributed by atoms with Crippen LogP contribution in [0.2, 0.25) is 0 Å². The van der Waals surface area contributed by atoms with Gasteiger partial charge < -0.3 is 4.57 Å². The summed E-state index contributed by atoms with van der Waals surface area (Å²) in [4.78, 5) is 5.58. The van der Waals surface area contributed by atoms with Crippen LogP contribution >= 0.6 is 10.0 Å². The summed E-state index contributed by atoms with van der Waals surface area (Å²) in [5, 5.41) is 7.87. The van der Waals surface area contributed by atoms with Gasteiger partial charge in [-0.3, -0.25) is 0 Å². The van der Waals surface area contributed by atoms with Crippen molar-refractivity contribution in [2.45, 2.75) is 19.6 Å². The first-order valence-electron chi connectivity index (χ1n) is 16.2. The van der Waals surface area contributed by atoms with E-state index < -0.39 is 10.0 Å². The topological polar surface area (TPSA) is 4.93 Å². The highest BCUT2D eigenvalue weighted by molar-refractivity contribution is 8.34. The van der Waals surface area contributed by atoms with Crippen LogP contribution in [-0.2, 0) is 7.05 Å². The Morgan fingerprint density at radius 1 is 0.404 bits per heavy atom. The summed E-state index contributed by atoms with van der Waals surface area (Å²) in [6.07, 6.45) is 0. The first-order valence-corrected chi connectivity index (χ1v) is 17.9. The summed E-state index contributed by atoms with van der Waals surface area (Å²) in [6, 6.07) is 63.4. The minimum Gasteiger partial charge on any atom is -0.343 e. The van der Waals surface area contributed by atoms with Crippen molar-refractivity contribution in [1.29, 1.82) is 0 Å². The number of aryl methyl sites for hydroxylation is 1. The van der Waals surface area contributed by atoms with Gasteiger partial charge in [0.25, 0.3) is 0 Å². The molecule has 47 heavy (non-hydrogen) atoms. The lowest BCUT2D eigenvalue weighted by atomic mass is 9.93. The highest BCUT2D eigenvalue weighted by atomic mass is 32.3. The van der Waals surface area contributed by atoms with Gasteiger partial charge in [-0.1, -0.05) is 127 Å². The Labute approximate surface area is 275 Å². The summed E-state index contributed by atoms with van der Waals surface area (Å²) in [7, 11) is 0.504. The zero-order valence-corrected chi connectivity index (χ0v) is 26.8. The summed E-state index contributed by atoms with van der Waals surface area (Å²) in [6.45, 7) is 0. The molecule has 0 unspecified atom stereocenters. The molecule has 222 valence electrons. The molecule has 8 aromatic carbocycles. The van der Waals surface area contributed by atoms with Gasteiger partial charge >= 0.3 is 0 Å². The van der Waals surface area contributed by atoms with Crippen LogP contribution in [0.4, 0.5) is 0 Å². The molecule has 0 saturated carbocycles. The summed E-state index contributed by atoms with van der Waals surface area (Å²) >= 11 is 0. The third kappa shape index (κ3) is 3.51. The van der Waals surface area contributed by atoms with Gasteiger partial charge in [0.15, 0.2) is 0 Å². The van der Waals surface area contributed by atoms with Crippen LogP contribution in [0.15, 0.2) is 189 Å². The van der Waals surface area contributed by atoms with Gasteiger partial charge in [-0.15, -0.1) is 10.0 Å². The molecule has 1 aliphatic heterocycles. The van der Waals surface area contributed by atoms with Crippen molar-refractivity contribution in [3.63, 3.8) is 0 Å². The third-order valence-corrected chi connectivity index (χ3v) is 14.2. The molecular formula is C45H31NS. The van der Waals surface area contributed by atoms with Crippen molar-refractivity contribution >= 4 is 53.4 Å². The van der Waals surface area contributed by atoms with E-state index in [0.717, 1.165) is 0 Å². The van der Waals surface area contributed by atoms with Gasteiger partial charge in [0.05, 0.1) is 5.52 Å². The molecule has 0 spiro atoms. The van der Waals surface area contributed by atoms with E-state index in [1.807, 2.05) is 0 Å². The molecule has 0 bridgehead atoms. The van der Waals surface area contributed by atoms with Crippen LogP contribution in [-0.4, -0.2) is 4.57 Å². The SMILES string of the molecule is Cn1c2cccc(-c3ccc4c(c3)S(c3ccccc3)(c3ccccc3)c3ccccc3-4)c2c2c3ccccc3c3ccccc3c21. The van der Waals surface area contributed by atoms with Crippen molar-refractivity contribution < 1.29 is 0 Å². The lowest BCUT2D eigenvalue weighted by Crippen LogP contribution is -2.01. The van der Waals surface area contributed by atoms with Gasteiger partial charge in [-0.2, -0.15) is 0 Å². The first kappa shape index (κ1) is 26.6. The summed E-state index contributed by atoms with van der Waals surface area (Å²) in [5.41, 5.74) is 7.78. The Balaban J connectivity index is 1.34. The quantitative estimate of drug-likeness (QED) is 0.174. The molecule has 2 heterocycles. The summed E-state index contributed by atoms with van der Waals surface area (Å²) < 4.78 is 2.41. The Morgan fingerprint density at radius 3 is 1.68 bits per heavy atom. The molecule has 1 nitrogen and oxygen atoms in total. The molecule has 1 aromatic heterocycles.